The van der Waals surface area contributed by atoms with Crippen LogP contribution in [-0.4, -0.2) is 60.1 Å². The molecule has 27 heavy (non-hydrogen) atoms. The molecule has 3 rings (SSSR count). The number of piperidine rings is 1. The van der Waals surface area contributed by atoms with E-state index in [0.717, 1.165) is 61.3 Å². The highest BCUT2D eigenvalue weighted by Gasteiger charge is 2.21. The first kappa shape index (κ1) is 22.8. The van der Waals surface area contributed by atoms with Crippen LogP contribution in [0.2, 0.25) is 0 Å². The molecule has 0 amide bonds. The quantitative estimate of drug-likeness (QED) is 0.351. The van der Waals surface area contributed by atoms with Gasteiger partial charge >= 0.3 is 0 Å². The highest BCUT2D eigenvalue weighted by Crippen LogP contribution is 2.25. The second-order valence-electron chi connectivity index (χ2n) is 7.44. The predicted octanol–water partition coefficient (Wildman–Crippen LogP) is 3.18. The highest BCUT2D eigenvalue weighted by molar-refractivity contribution is 14.0. The summed E-state index contributed by atoms with van der Waals surface area (Å²) in [6.45, 7) is 9.06. The number of aryl methyl sites for hydroxylation is 2. The van der Waals surface area contributed by atoms with E-state index in [4.69, 9.17) is 4.42 Å². The first-order valence-corrected chi connectivity index (χ1v) is 10.9. The Morgan fingerprint density at radius 2 is 1.96 bits per heavy atom. The van der Waals surface area contributed by atoms with Gasteiger partial charge in [-0.25, -0.2) is 4.98 Å². The number of guanidine groups is 1. The topological polar surface area (TPSA) is 65.7 Å². The fourth-order valence-electron chi connectivity index (χ4n) is 3.62. The summed E-state index contributed by atoms with van der Waals surface area (Å²) >= 11 is 2.08. The normalized spacial score (nSPS) is 21.9. The molecule has 154 valence electrons. The van der Waals surface area contributed by atoms with E-state index < -0.39 is 0 Å². The number of halogens is 1. The van der Waals surface area contributed by atoms with Crippen molar-refractivity contribution in [1.82, 2.24) is 20.5 Å². The molecule has 1 unspecified atom stereocenters. The molecule has 0 saturated carbocycles. The zero-order valence-electron chi connectivity index (χ0n) is 16.8. The summed E-state index contributed by atoms with van der Waals surface area (Å²) in [6, 6.07) is 0. The van der Waals surface area contributed by atoms with Crippen LogP contribution in [0.25, 0.3) is 0 Å². The lowest BCUT2D eigenvalue weighted by atomic mass is 9.97. The minimum atomic E-state index is 0. The van der Waals surface area contributed by atoms with Crippen molar-refractivity contribution in [1.29, 1.82) is 0 Å². The molecule has 6 nitrogen and oxygen atoms in total. The lowest BCUT2D eigenvalue weighted by Crippen LogP contribution is -2.44. The summed E-state index contributed by atoms with van der Waals surface area (Å²) in [7, 11) is 1.86. The van der Waals surface area contributed by atoms with Gasteiger partial charge in [-0.2, -0.15) is 11.8 Å². The fourth-order valence-corrected chi connectivity index (χ4v) is 4.83. The summed E-state index contributed by atoms with van der Waals surface area (Å²) in [6.07, 6.45) is 5.10. The van der Waals surface area contributed by atoms with Crippen molar-refractivity contribution in [2.45, 2.75) is 51.3 Å². The molecular formula is C19H34IN5OS. The minimum Gasteiger partial charge on any atom is -0.444 e. The number of likely N-dealkylation sites (tertiary alicyclic amines) is 1. The molecule has 0 bridgehead atoms. The molecule has 2 N–H and O–H groups in total. The Balaban J connectivity index is 0.00000261. The highest BCUT2D eigenvalue weighted by atomic mass is 127. The number of oxazole rings is 1. The van der Waals surface area contributed by atoms with Crippen molar-refractivity contribution in [3.63, 3.8) is 0 Å². The summed E-state index contributed by atoms with van der Waals surface area (Å²) in [5, 5.41) is 7.75. The van der Waals surface area contributed by atoms with Gasteiger partial charge in [-0.3, -0.25) is 9.89 Å². The second kappa shape index (κ2) is 11.5. The van der Waals surface area contributed by atoms with Crippen molar-refractivity contribution >= 4 is 41.7 Å². The van der Waals surface area contributed by atoms with E-state index in [2.05, 4.69) is 37.3 Å². The molecule has 8 heteroatoms. The molecule has 0 spiro atoms. The summed E-state index contributed by atoms with van der Waals surface area (Å²) in [4.78, 5) is 11.3. The average molecular weight is 507 g/mol. The maximum absolute atomic E-state index is 5.72. The van der Waals surface area contributed by atoms with Crippen molar-refractivity contribution in [3.05, 3.63) is 17.3 Å². The molecule has 1 aromatic heterocycles. The van der Waals surface area contributed by atoms with Crippen LogP contribution in [0.1, 0.15) is 43.0 Å². The molecular weight excluding hydrogens is 473 g/mol. The van der Waals surface area contributed by atoms with Gasteiger partial charge < -0.3 is 15.1 Å². The molecule has 0 radical (unpaired) electrons. The summed E-state index contributed by atoms with van der Waals surface area (Å²) in [5.41, 5.74) is 1.01. The van der Waals surface area contributed by atoms with Crippen molar-refractivity contribution < 1.29 is 4.42 Å². The smallest absolute Gasteiger partial charge is 0.208 e. The van der Waals surface area contributed by atoms with Crippen LogP contribution in [0.15, 0.2) is 9.41 Å². The molecule has 1 atom stereocenters. The van der Waals surface area contributed by atoms with E-state index >= 15 is 0 Å². The zero-order valence-corrected chi connectivity index (χ0v) is 19.9. The third-order valence-corrected chi connectivity index (χ3v) is 6.84. The third kappa shape index (κ3) is 7.12. The molecule has 3 heterocycles. The van der Waals surface area contributed by atoms with Crippen LogP contribution >= 0.6 is 35.7 Å². The monoisotopic (exact) mass is 507 g/mol. The number of nitrogens with one attached hydrogen (secondary N) is 2. The molecule has 2 aliphatic rings. The maximum Gasteiger partial charge on any atom is 0.208 e. The lowest BCUT2D eigenvalue weighted by Gasteiger charge is -2.31. The van der Waals surface area contributed by atoms with Crippen molar-refractivity contribution in [3.8, 4) is 0 Å². The van der Waals surface area contributed by atoms with Gasteiger partial charge in [0.25, 0.3) is 0 Å². The largest absolute Gasteiger partial charge is 0.444 e. The number of nitrogens with zero attached hydrogens (tertiary/aromatic N) is 3. The zero-order chi connectivity index (χ0) is 18.4. The number of aromatic nitrogens is 1. The molecule has 2 saturated heterocycles. The van der Waals surface area contributed by atoms with Gasteiger partial charge in [0.2, 0.25) is 5.89 Å². The SMILES string of the molecule is CN=C(NCC1CCN(Cc2nc(C)c(C)o2)CC1)NCC1CCCS1.I. The standard InChI is InChI=1S/C19H33N5OS.HI/c1-14-15(2)25-18(23-14)13-24-8-6-16(7-9-24)11-21-19(20-3)22-12-17-5-4-10-26-17;/h16-17H,4-13H2,1-3H3,(H2,20,21,22);1H. The van der Waals surface area contributed by atoms with Crippen LogP contribution in [0.3, 0.4) is 0 Å². The third-order valence-electron chi connectivity index (χ3n) is 5.44. The van der Waals surface area contributed by atoms with Crippen LogP contribution in [0, 0.1) is 19.8 Å². The number of rotatable bonds is 6. The molecule has 1 aromatic rings. The van der Waals surface area contributed by atoms with Crippen LogP contribution in [-0.2, 0) is 6.54 Å². The molecule has 0 aromatic carbocycles. The Morgan fingerprint density at radius 1 is 1.22 bits per heavy atom. The average Bonchev–Trinajstić information content (AvgIpc) is 3.26. The van der Waals surface area contributed by atoms with Gasteiger partial charge in [0.05, 0.1) is 12.2 Å². The van der Waals surface area contributed by atoms with Gasteiger partial charge in [-0.05, 0) is 64.3 Å². The minimum absolute atomic E-state index is 0. The number of thioether (sulfide) groups is 1. The first-order valence-electron chi connectivity index (χ1n) is 9.85. The Labute approximate surface area is 184 Å². The van der Waals surface area contributed by atoms with Gasteiger partial charge in [0.15, 0.2) is 5.96 Å². The Bertz CT molecular complexity index is 575. The van der Waals surface area contributed by atoms with E-state index in [9.17, 15) is 0 Å². The number of hydrogen-bond acceptors (Lipinski definition) is 5. The summed E-state index contributed by atoms with van der Waals surface area (Å²) in [5.74, 6) is 4.76. The van der Waals surface area contributed by atoms with Crippen LogP contribution in [0.4, 0.5) is 0 Å². The lowest BCUT2D eigenvalue weighted by molar-refractivity contribution is 0.164. The van der Waals surface area contributed by atoms with E-state index in [1.54, 1.807) is 0 Å². The fraction of sp³-hybridized carbons (Fsp3) is 0.789. The van der Waals surface area contributed by atoms with E-state index in [0.29, 0.717) is 5.92 Å². The van der Waals surface area contributed by atoms with E-state index in [1.807, 2.05) is 20.9 Å². The molecule has 2 fully saturated rings. The summed E-state index contributed by atoms with van der Waals surface area (Å²) < 4.78 is 5.72. The number of aliphatic imine (C=N–C) groups is 1. The van der Waals surface area contributed by atoms with E-state index in [1.165, 1.54) is 31.4 Å². The van der Waals surface area contributed by atoms with Crippen molar-refractivity contribution in [2.75, 3.05) is 39.0 Å². The van der Waals surface area contributed by atoms with Gasteiger partial charge in [-0.15, -0.1) is 24.0 Å². The van der Waals surface area contributed by atoms with Crippen molar-refractivity contribution in [2.24, 2.45) is 10.9 Å². The second-order valence-corrected chi connectivity index (χ2v) is 8.85. The van der Waals surface area contributed by atoms with Crippen LogP contribution < -0.4 is 10.6 Å². The van der Waals surface area contributed by atoms with Gasteiger partial charge in [0.1, 0.15) is 5.76 Å². The molecule has 0 aliphatic carbocycles. The Kier molecular flexibility index (Phi) is 9.72. The first-order chi connectivity index (χ1) is 12.6. The van der Waals surface area contributed by atoms with Gasteiger partial charge in [-0.1, -0.05) is 0 Å². The Hall–Kier alpha value is -0.480. The number of hydrogen-bond donors (Lipinski definition) is 2. The predicted molar refractivity (Wildman–Crippen MR) is 124 cm³/mol. The molecule has 2 aliphatic heterocycles. The van der Waals surface area contributed by atoms with E-state index in [-0.39, 0.29) is 24.0 Å². The van der Waals surface area contributed by atoms with Gasteiger partial charge in [0, 0.05) is 25.4 Å². The Morgan fingerprint density at radius 3 is 2.56 bits per heavy atom. The van der Waals surface area contributed by atoms with Crippen LogP contribution in [0.5, 0.6) is 0 Å². The maximum atomic E-state index is 5.72.